The number of rotatable bonds is 8. The Kier molecular flexibility index (Phi) is 8.04. The molecule has 1 unspecified atom stereocenters. The lowest BCUT2D eigenvalue weighted by Gasteiger charge is -2.36. The number of anilines is 6. The molecule has 3 nitrogen and oxygen atoms in total. The molecule has 0 spiro atoms. The number of hydrogen-bond donors (Lipinski definition) is 0. The van der Waals surface area contributed by atoms with Gasteiger partial charge in [-0.15, -0.1) is 0 Å². The molecule has 0 amide bonds. The Hall–Kier alpha value is -7.62. The lowest BCUT2D eigenvalue weighted by Crippen LogP contribution is -2.29. The summed E-state index contributed by atoms with van der Waals surface area (Å²) in [4.78, 5) is 4.82. The molecule has 274 valence electrons. The maximum atomic E-state index is 6.65. The maximum absolute atomic E-state index is 6.65. The molecule has 1 aliphatic carbocycles. The Labute approximate surface area is 338 Å². The second-order valence-electron chi connectivity index (χ2n) is 14.9. The highest BCUT2D eigenvalue weighted by Crippen LogP contribution is 2.61. The highest BCUT2D eigenvalue weighted by Gasteiger charge is 2.48. The SMILES string of the molecule is c1ccc(N(c2ccccc2)c2cc(N(c3ccccc3)c3ccccc3)c3c(c2)C(c2ccccc2)(c2ccc4c(c2)oc2ccccc24)c2ccccc2-3)cc1. The van der Waals surface area contributed by atoms with Crippen LogP contribution in [0.15, 0.2) is 235 Å². The second-order valence-corrected chi connectivity index (χ2v) is 14.9. The number of furan rings is 1. The van der Waals surface area contributed by atoms with E-state index in [4.69, 9.17) is 4.42 Å². The minimum Gasteiger partial charge on any atom is -0.456 e. The first kappa shape index (κ1) is 33.7. The standard InChI is InChI=1S/C55H38N2O/c1-6-20-39(21-7-1)55(40-34-35-47-46-30-17-19-33-52(46)58-53(47)36-40)49-32-18-16-31-48(49)54-50(55)37-45(56(41-22-8-2-9-23-41)42-24-10-3-11-25-42)38-51(54)57(43-26-12-4-13-27-43)44-28-14-5-15-29-44/h1-38H. The van der Waals surface area contributed by atoms with Crippen molar-refractivity contribution in [2.45, 2.75) is 5.41 Å². The molecule has 10 aromatic rings. The zero-order chi connectivity index (χ0) is 38.5. The summed E-state index contributed by atoms with van der Waals surface area (Å²) in [6, 6.07) is 83.0. The summed E-state index contributed by atoms with van der Waals surface area (Å²) in [6.45, 7) is 0. The second kappa shape index (κ2) is 13.8. The fourth-order valence-electron chi connectivity index (χ4n) is 9.29. The summed E-state index contributed by atoms with van der Waals surface area (Å²) in [6.07, 6.45) is 0. The van der Waals surface area contributed by atoms with Crippen molar-refractivity contribution >= 4 is 56.1 Å². The smallest absolute Gasteiger partial charge is 0.135 e. The average Bonchev–Trinajstić information content (AvgIpc) is 3.82. The van der Waals surface area contributed by atoms with Crippen molar-refractivity contribution in [2.24, 2.45) is 0 Å². The minimum atomic E-state index is -0.705. The molecule has 0 fully saturated rings. The van der Waals surface area contributed by atoms with Gasteiger partial charge in [0.2, 0.25) is 0 Å². The van der Waals surface area contributed by atoms with E-state index < -0.39 is 5.41 Å². The maximum Gasteiger partial charge on any atom is 0.135 e. The largest absolute Gasteiger partial charge is 0.456 e. The minimum absolute atomic E-state index is 0.705. The fourth-order valence-corrected chi connectivity index (χ4v) is 9.29. The molecule has 1 atom stereocenters. The van der Waals surface area contributed by atoms with Crippen LogP contribution in [-0.2, 0) is 5.41 Å². The van der Waals surface area contributed by atoms with Crippen LogP contribution in [0.2, 0.25) is 0 Å². The summed E-state index contributed by atoms with van der Waals surface area (Å²) in [7, 11) is 0. The molecule has 58 heavy (non-hydrogen) atoms. The van der Waals surface area contributed by atoms with Gasteiger partial charge in [-0.1, -0.05) is 158 Å². The average molecular weight is 743 g/mol. The Morgan fingerprint density at radius 2 is 0.828 bits per heavy atom. The Bertz CT molecular complexity index is 2970. The third kappa shape index (κ3) is 5.28. The fraction of sp³-hybridized carbons (Fsp3) is 0.0182. The molecule has 1 aromatic heterocycles. The lowest BCUT2D eigenvalue weighted by atomic mass is 9.67. The van der Waals surface area contributed by atoms with Crippen LogP contribution in [0.1, 0.15) is 22.3 Å². The van der Waals surface area contributed by atoms with Crippen LogP contribution in [0, 0.1) is 0 Å². The highest BCUT2D eigenvalue weighted by molar-refractivity contribution is 6.06. The zero-order valence-electron chi connectivity index (χ0n) is 31.7. The number of para-hydroxylation sites is 5. The van der Waals surface area contributed by atoms with E-state index in [0.29, 0.717) is 0 Å². The van der Waals surface area contributed by atoms with Crippen molar-refractivity contribution in [2.75, 3.05) is 9.80 Å². The van der Waals surface area contributed by atoms with Crippen LogP contribution in [0.4, 0.5) is 34.1 Å². The molecule has 0 aliphatic heterocycles. The van der Waals surface area contributed by atoms with Crippen LogP contribution in [0.3, 0.4) is 0 Å². The predicted octanol–water partition coefficient (Wildman–Crippen LogP) is 14.9. The third-order valence-electron chi connectivity index (χ3n) is 11.7. The van der Waals surface area contributed by atoms with Crippen LogP contribution in [-0.4, -0.2) is 0 Å². The first-order chi connectivity index (χ1) is 28.8. The van der Waals surface area contributed by atoms with E-state index in [1.54, 1.807) is 0 Å². The van der Waals surface area contributed by atoms with E-state index in [1.807, 2.05) is 6.07 Å². The Morgan fingerprint density at radius 3 is 1.45 bits per heavy atom. The molecule has 11 rings (SSSR count). The predicted molar refractivity (Wildman–Crippen MR) is 240 cm³/mol. The van der Waals surface area contributed by atoms with E-state index in [0.717, 1.165) is 61.6 Å². The molecular weight excluding hydrogens is 705 g/mol. The summed E-state index contributed by atoms with van der Waals surface area (Å²) in [5.74, 6) is 0. The molecule has 3 heteroatoms. The van der Waals surface area contributed by atoms with Gasteiger partial charge in [0.15, 0.2) is 0 Å². The quantitative estimate of drug-likeness (QED) is 0.155. The van der Waals surface area contributed by atoms with Gasteiger partial charge in [0.1, 0.15) is 11.2 Å². The molecule has 0 N–H and O–H groups in total. The van der Waals surface area contributed by atoms with Gasteiger partial charge in [-0.2, -0.15) is 0 Å². The zero-order valence-corrected chi connectivity index (χ0v) is 31.7. The van der Waals surface area contributed by atoms with Crippen molar-refractivity contribution in [3.05, 3.63) is 253 Å². The van der Waals surface area contributed by atoms with Crippen LogP contribution < -0.4 is 9.80 Å². The van der Waals surface area contributed by atoms with Gasteiger partial charge in [0.05, 0.1) is 11.1 Å². The van der Waals surface area contributed by atoms with E-state index in [9.17, 15) is 0 Å². The van der Waals surface area contributed by atoms with Crippen LogP contribution >= 0.6 is 0 Å². The molecule has 0 saturated heterocycles. The van der Waals surface area contributed by atoms with Crippen LogP contribution in [0.25, 0.3) is 33.1 Å². The van der Waals surface area contributed by atoms with E-state index >= 15 is 0 Å². The number of hydrogen-bond acceptors (Lipinski definition) is 3. The van der Waals surface area contributed by atoms with E-state index in [2.05, 4.69) is 234 Å². The monoisotopic (exact) mass is 742 g/mol. The van der Waals surface area contributed by atoms with Gasteiger partial charge < -0.3 is 14.2 Å². The molecule has 0 bridgehead atoms. The topological polar surface area (TPSA) is 19.6 Å². The van der Waals surface area contributed by atoms with Crippen LogP contribution in [0.5, 0.6) is 0 Å². The molecule has 1 heterocycles. The van der Waals surface area contributed by atoms with Crippen molar-refractivity contribution < 1.29 is 4.42 Å². The first-order valence-electron chi connectivity index (χ1n) is 19.9. The van der Waals surface area contributed by atoms with Gasteiger partial charge in [-0.05, 0) is 101 Å². The third-order valence-corrected chi connectivity index (χ3v) is 11.7. The summed E-state index contributed by atoms with van der Waals surface area (Å²) in [5.41, 5.74) is 14.7. The van der Waals surface area contributed by atoms with Crippen molar-refractivity contribution in [3.63, 3.8) is 0 Å². The lowest BCUT2D eigenvalue weighted by molar-refractivity contribution is 0.665. The van der Waals surface area contributed by atoms with E-state index in [-0.39, 0.29) is 0 Å². The van der Waals surface area contributed by atoms with Crippen molar-refractivity contribution in [1.29, 1.82) is 0 Å². The van der Waals surface area contributed by atoms with Gasteiger partial charge in [-0.25, -0.2) is 0 Å². The van der Waals surface area contributed by atoms with Gasteiger partial charge in [0, 0.05) is 44.8 Å². The number of benzene rings is 9. The molecule has 9 aromatic carbocycles. The Balaban J connectivity index is 1.31. The van der Waals surface area contributed by atoms with Crippen molar-refractivity contribution in [1.82, 2.24) is 0 Å². The van der Waals surface area contributed by atoms with Gasteiger partial charge in [0.25, 0.3) is 0 Å². The highest BCUT2D eigenvalue weighted by atomic mass is 16.3. The van der Waals surface area contributed by atoms with Gasteiger partial charge >= 0.3 is 0 Å². The van der Waals surface area contributed by atoms with Gasteiger partial charge in [-0.3, -0.25) is 0 Å². The summed E-state index contributed by atoms with van der Waals surface area (Å²) < 4.78 is 6.65. The molecular formula is C55H38N2O. The normalized spacial score (nSPS) is 14.3. The molecule has 1 aliphatic rings. The first-order valence-corrected chi connectivity index (χ1v) is 19.9. The number of nitrogens with zero attached hydrogens (tertiary/aromatic N) is 2. The molecule has 0 saturated carbocycles. The summed E-state index contributed by atoms with van der Waals surface area (Å²) >= 11 is 0. The van der Waals surface area contributed by atoms with Crippen molar-refractivity contribution in [3.8, 4) is 11.1 Å². The van der Waals surface area contributed by atoms with E-state index in [1.165, 1.54) is 27.8 Å². The number of fused-ring (bicyclic) bond motifs is 6. The molecule has 0 radical (unpaired) electrons. The Morgan fingerprint density at radius 1 is 0.328 bits per heavy atom. The summed E-state index contributed by atoms with van der Waals surface area (Å²) in [5, 5.41) is 2.24.